The van der Waals surface area contributed by atoms with Crippen molar-refractivity contribution in [2.75, 3.05) is 24.0 Å². The van der Waals surface area contributed by atoms with Gasteiger partial charge in [-0.15, -0.1) is 0 Å². The monoisotopic (exact) mass is 605 g/mol. The predicted molar refractivity (Wildman–Crippen MR) is 158 cm³/mol. The van der Waals surface area contributed by atoms with E-state index in [1.165, 1.54) is 17.0 Å². The Morgan fingerprint density at radius 1 is 0.925 bits per heavy atom. The van der Waals surface area contributed by atoms with Crippen LogP contribution < -0.4 is 14.4 Å². The minimum atomic E-state index is -4.20. The number of carbonyl (C=O) groups is 2. The molecule has 0 heterocycles. The first kappa shape index (κ1) is 31.3. The highest BCUT2D eigenvalue weighted by molar-refractivity contribution is 7.92. The van der Waals surface area contributed by atoms with E-state index in [2.05, 4.69) is 5.32 Å². The molecule has 0 unspecified atom stereocenters. The van der Waals surface area contributed by atoms with Gasteiger partial charge in [-0.05, 0) is 62.2 Å². The molecule has 0 aliphatic rings. The molecular formula is C29H33Cl2N3O5S. The number of hydrogen-bond acceptors (Lipinski definition) is 5. The Labute approximate surface area is 245 Å². The van der Waals surface area contributed by atoms with Crippen LogP contribution in [0.15, 0.2) is 77.7 Å². The summed E-state index contributed by atoms with van der Waals surface area (Å²) in [5.74, 6) is -0.607. The molecule has 11 heteroatoms. The number of benzene rings is 3. The van der Waals surface area contributed by atoms with E-state index in [1.54, 1.807) is 81.4 Å². The van der Waals surface area contributed by atoms with E-state index >= 15 is 0 Å². The van der Waals surface area contributed by atoms with Crippen LogP contribution in [-0.2, 0) is 26.2 Å². The average molecular weight is 607 g/mol. The van der Waals surface area contributed by atoms with E-state index in [4.69, 9.17) is 27.9 Å². The van der Waals surface area contributed by atoms with E-state index < -0.39 is 28.5 Å². The number of rotatable bonds is 13. The van der Waals surface area contributed by atoms with Crippen molar-refractivity contribution in [2.45, 2.75) is 44.7 Å². The molecule has 3 aromatic rings. The Balaban J connectivity index is 2.11. The molecule has 214 valence electrons. The van der Waals surface area contributed by atoms with Gasteiger partial charge in [-0.2, -0.15) is 0 Å². The highest BCUT2D eigenvalue weighted by Crippen LogP contribution is 2.33. The number of nitrogens with one attached hydrogen (secondary N) is 1. The molecule has 0 aromatic heterocycles. The lowest BCUT2D eigenvalue weighted by molar-refractivity contribution is -0.140. The zero-order valence-electron chi connectivity index (χ0n) is 22.6. The van der Waals surface area contributed by atoms with Crippen LogP contribution in [-0.4, -0.2) is 50.9 Å². The minimum Gasteiger partial charge on any atom is -0.492 e. The number of ether oxygens (including phenoxy) is 1. The molecule has 8 nitrogen and oxygen atoms in total. The van der Waals surface area contributed by atoms with Crippen molar-refractivity contribution in [1.29, 1.82) is 0 Å². The number of sulfonamides is 1. The quantitative estimate of drug-likeness (QED) is 0.276. The number of amides is 2. The SMILES string of the molecule is CCNC(=O)[C@H](CC)N(Cc1ccc(Cl)c(Cl)c1)C(=O)CN(c1ccccc1OCC)S(=O)(=O)c1ccccc1. The molecule has 0 fully saturated rings. The second-order valence-electron chi connectivity index (χ2n) is 8.81. The Bertz CT molecular complexity index is 1420. The molecule has 0 bridgehead atoms. The van der Waals surface area contributed by atoms with E-state index in [9.17, 15) is 18.0 Å². The molecule has 0 radical (unpaired) electrons. The average Bonchev–Trinajstić information content (AvgIpc) is 2.94. The summed E-state index contributed by atoms with van der Waals surface area (Å²) in [6.45, 7) is 5.47. The lowest BCUT2D eigenvalue weighted by atomic mass is 10.1. The zero-order valence-corrected chi connectivity index (χ0v) is 25.0. The van der Waals surface area contributed by atoms with E-state index in [0.29, 0.717) is 40.9 Å². The molecule has 0 spiro atoms. The first-order valence-electron chi connectivity index (χ1n) is 12.9. The van der Waals surface area contributed by atoms with E-state index in [1.807, 2.05) is 0 Å². The molecule has 2 amide bonds. The van der Waals surface area contributed by atoms with Crippen molar-refractivity contribution in [3.63, 3.8) is 0 Å². The van der Waals surface area contributed by atoms with Crippen molar-refractivity contribution in [1.82, 2.24) is 10.2 Å². The van der Waals surface area contributed by atoms with Gasteiger partial charge >= 0.3 is 0 Å². The van der Waals surface area contributed by atoms with Crippen LogP contribution in [0.5, 0.6) is 5.75 Å². The number of carbonyl (C=O) groups excluding carboxylic acids is 2. The smallest absolute Gasteiger partial charge is 0.264 e. The van der Waals surface area contributed by atoms with Gasteiger partial charge in [-0.3, -0.25) is 13.9 Å². The van der Waals surface area contributed by atoms with Gasteiger partial charge in [0.15, 0.2) is 0 Å². The second-order valence-corrected chi connectivity index (χ2v) is 11.5. The van der Waals surface area contributed by atoms with Crippen molar-refractivity contribution in [3.8, 4) is 5.75 Å². The van der Waals surface area contributed by atoms with Gasteiger partial charge in [-0.25, -0.2) is 8.42 Å². The lowest BCUT2D eigenvalue weighted by Crippen LogP contribution is -2.52. The maximum atomic E-state index is 14.1. The van der Waals surface area contributed by atoms with Crippen LogP contribution in [0.4, 0.5) is 5.69 Å². The third kappa shape index (κ3) is 7.47. The highest BCUT2D eigenvalue weighted by Gasteiger charge is 2.34. The summed E-state index contributed by atoms with van der Waals surface area (Å²) in [5.41, 5.74) is 0.847. The van der Waals surface area contributed by atoms with E-state index in [0.717, 1.165) is 4.31 Å². The summed E-state index contributed by atoms with van der Waals surface area (Å²) in [5, 5.41) is 3.43. The molecule has 0 aliphatic heterocycles. The topological polar surface area (TPSA) is 96.0 Å². The van der Waals surface area contributed by atoms with Gasteiger partial charge < -0.3 is 15.0 Å². The van der Waals surface area contributed by atoms with Crippen LogP contribution in [0.3, 0.4) is 0 Å². The maximum absolute atomic E-state index is 14.1. The Hall–Kier alpha value is -3.27. The van der Waals surface area contributed by atoms with Crippen molar-refractivity contribution in [2.24, 2.45) is 0 Å². The number of hydrogen-bond donors (Lipinski definition) is 1. The van der Waals surface area contributed by atoms with Gasteiger partial charge in [0.25, 0.3) is 10.0 Å². The fourth-order valence-electron chi connectivity index (χ4n) is 4.22. The van der Waals surface area contributed by atoms with Crippen LogP contribution in [0.2, 0.25) is 10.0 Å². The van der Waals surface area contributed by atoms with Gasteiger partial charge in [0.1, 0.15) is 18.3 Å². The van der Waals surface area contributed by atoms with Gasteiger partial charge in [0.05, 0.1) is 27.2 Å². The first-order chi connectivity index (χ1) is 19.1. The third-order valence-electron chi connectivity index (χ3n) is 6.12. The molecule has 40 heavy (non-hydrogen) atoms. The summed E-state index contributed by atoms with van der Waals surface area (Å²) >= 11 is 12.3. The van der Waals surface area contributed by atoms with Gasteiger partial charge in [0, 0.05) is 13.1 Å². The number of anilines is 1. The molecule has 0 saturated carbocycles. The fourth-order valence-corrected chi connectivity index (χ4v) is 5.99. The Morgan fingerprint density at radius 2 is 1.60 bits per heavy atom. The van der Waals surface area contributed by atoms with Crippen molar-refractivity contribution in [3.05, 3.63) is 88.4 Å². The minimum absolute atomic E-state index is 0.0116. The Kier molecular flexibility index (Phi) is 11.2. The van der Waals surface area contributed by atoms with E-state index in [-0.39, 0.29) is 23.0 Å². The number of likely N-dealkylation sites (N-methyl/N-ethyl adjacent to an activating group) is 1. The van der Waals surface area contributed by atoms with Crippen LogP contribution >= 0.6 is 23.2 Å². The summed E-state index contributed by atoms with van der Waals surface area (Å²) in [4.78, 5) is 28.5. The third-order valence-corrected chi connectivity index (χ3v) is 8.63. The maximum Gasteiger partial charge on any atom is 0.264 e. The number of nitrogens with zero attached hydrogens (tertiary/aromatic N) is 2. The molecule has 1 N–H and O–H groups in total. The van der Waals surface area contributed by atoms with Gasteiger partial charge in [-0.1, -0.05) is 66.5 Å². The molecule has 1 atom stereocenters. The van der Waals surface area contributed by atoms with Crippen LogP contribution in [0.25, 0.3) is 0 Å². The zero-order chi connectivity index (χ0) is 29.3. The normalized spacial score (nSPS) is 11.9. The first-order valence-corrected chi connectivity index (χ1v) is 15.1. The number of para-hydroxylation sites is 2. The molecule has 3 aromatic carbocycles. The van der Waals surface area contributed by atoms with Crippen LogP contribution in [0, 0.1) is 0 Å². The molecule has 0 aliphatic carbocycles. The highest BCUT2D eigenvalue weighted by atomic mass is 35.5. The standard InChI is InChI=1S/C29H33Cl2N3O5S/c1-4-25(29(36)32-5-2)33(19-21-16-17-23(30)24(31)18-21)28(35)20-34(26-14-10-11-15-27(26)39-6-3)40(37,38)22-12-8-7-9-13-22/h7-18,25H,4-6,19-20H2,1-3H3,(H,32,36)/t25-/m0/s1. The fraction of sp³-hybridized carbons (Fsp3) is 0.310. The molecule has 0 saturated heterocycles. The Morgan fingerprint density at radius 3 is 2.23 bits per heavy atom. The summed E-state index contributed by atoms with van der Waals surface area (Å²) in [7, 11) is -4.20. The molecular weight excluding hydrogens is 573 g/mol. The van der Waals surface area contributed by atoms with Crippen LogP contribution in [0.1, 0.15) is 32.8 Å². The largest absolute Gasteiger partial charge is 0.492 e. The summed E-state index contributed by atoms with van der Waals surface area (Å²) < 4.78 is 34.7. The van der Waals surface area contributed by atoms with Crippen molar-refractivity contribution < 1.29 is 22.7 Å². The summed E-state index contributed by atoms with van der Waals surface area (Å²) in [6, 6.07) is 18.6. The number of halogens is 2. The predicted octanol–water partition coefficient (Wildman–Crippen LogP) is 5.53. The van der Waals surface area contributed by atoms with Gasteiger partial charge in [0.2, 0.25) is 11.8 Å². The summed E-state index contributed by atoms with van der Waals surface area (Å²) in [6.07, 6.45) is 0.305. The lowest BCUT2D eigenvalue weighted by Gasteiger charge is -2.33. The second kappa shape index (κ2) is 14.4. The molecule has 3 rings (SSSR count). The van der Waals surface area contributed by atoms with Crippen molar-refractivity contribution >= 4 is 50.7 Å².